The van der Waals surface area contributed by atoms with Gasteiger partial charge in [0.05, 0.1) is 19.3 Å². The van der Waals surface area contributed by atoms with E-state index in [0.717, 1.165) is 17.2 Å². The van der Waals surface area contributed by atoms with Gasteiger partial charge in [0, 0.05) is 37.9 Å². The van der Waals surface area contributed by atoms with Gasteiger partial charge in [-0.15, -0.1) is 0 Å². The van der Waals surface area contributed by atoms with Crippen LogP contribution in [-0.2, 0) is 32.9 Å². The molecule has 0 aliphatic heterocycles. The second-order valence-electron chi connectivity index (χ2n) is 9.16. The Hall–Kier alpha value is -3.24. The number of fused-ring (bicyclic) bond motifs is 1. The smallest absolute Gasteiger partial charge is 0.459 e. The Labute approximate surface area is 235 Å². The highest BCUT2D eigenvalue weighted by atomic mass is 31.2. The van der Waals surface area contributed by atoms with Crippen LogP contribution in [0, 0.1) is 0 Å². The van der Waals surface area contributed by atoms with E-state index in [9.17, 15) is 18.9 Å². The van der Waals surface area contributed by atoms with Crippen LogP contribution in [-0.4, -0.2) is 68.7 Å². The highest BCUT2D eigenvalue weighted by Crippen LogP contribution is 2.47. The van der Waals surface area contributed by atoms with E-state index in [4.69, 9.17) is 18.5 Å². The number of nitrogens with one attached hydrogen (secondary N) is 2. The Morgan fingerprint density at radius 1 is 1.12 bits per heavy atom. The van der Waals surface area contributed by atoms with Gasteiger partial charge >= 0.3 is 13.7 Å². The molecule has 0 aromatic heterocycles. The third-order valence-corrected chi connectivity index (χ3v) is 7.69. The SMILES string of the molecule is CCCCOC(=O)[C@H](C)NP(=O)(OCC(CC(C)N(C=O)/C=C\C(=O)NC)OC)Oc1cccc2ccccc12. The van der Waals surface area contributed by atoms with Crippen LogP contribution in [0.25, 0.3) is 10.8 Å². The summed E-state index contributed by atoms with van der Waals surface area (Å²) in [6.07, 6.45) is 4.45. The first kappa shape index (κ1) is 33.0. The highest BCUT2D eigenvalue weighted by Gasteiger charge is 2.34. The van der Waals surface area contributed by atoms with Gasteiger partial charge in [0.25, 0.3) is 0 Å². The van der Waals surface area contributed by atoms with Crippen LogP contribution in [0.15, 0.2) is 54.7 Å². The van der Waals surface area contributed by atoms with Crippen molar-refractivity contribution in [1.29, 1.82) is 0 Å². The van der Waals surface area contributed by atoms with Crippen molar-refractivity contribution in [2.45, 2.75) is 58.2 Å². The maximum Gasteiger partial charge on any atom is 0.459 e. The van der Waals surface area contributed by atoms with E-state index in [1.165, 1.54) is 38.3 Å². The fourth-order valence-corrected chi connectivity index (χ4v) is 5.21. The van der Waals surface area contributed by atoms with Crippen LogP contribution in [0.5, 0.6) is 5.75 Å². The van der Waals surface area contributed by atoms with Crippen LogP contribution in [0.2, 0.25) is 0 Å². The maximum atomic E-state index is 14.0. The number of carbonyl (C=O) groups is 3. The monoisotopic (exact) mass is 577 g/mol. The molecular formula is C28H40N3O8P. The zero-order valence-electron chi connectivity index (χ0n) is 23.7. The molecule has 0 aliphatic rings. The minimum atomic E-state index is -4.15. The summed E-state index contributed by atoms with van der Waals surface area (Å²) in [5, 5.41) is 6.73. The number of esters is 1. The van der Waals surface area contributed by atoms with Gasteiger partial charge in [0.1, 0.15) is 11.8 Å². The summed E-state index contributed by atoms with van der Waals surface area (Å²) in [5.74, 6) is -0.625. The Balaban J connectivity index is 2.22. The average molecular weight is 578 g/mol. The van der Waals surface area contributed by atoms with Gasteiger partial charge in [-0.2, -0.15) is 5.09 Å². The number of nitrogens with zero attached hydrogens (tertiary/aromatic N) is 1. The van der Waals surface area contributed by atoms with Gasteiger partial charge in [-0.3, -0.25) is 18.9 Å². The zero-order valence-corrected chi connectivity index (χ0v) is 24.6. The Kier molecular flexibility index (Phi) is 13.8. The molecule has 0 saturated carbocycles. The van der Waals surface area contributed by atoms with Crippen molar-refractivity contribution < 1.29 is 37.5 Å². The molecule has 220 valence electrons. The summed E-state index contributed by atoms with van der Waals surface area (Å²) < 4.78 is 36.6. The molecule has 0 saturated heterocycles. The predicted molar refractivity (Wildman–Crippen MR) is 153 cm³/mol. The Bertz CT molecular complexity index is 1190. The third-order valence-electron chi connectivity index (χ3n) is 6.06. The number of likely N-dealkylation sites (N-methyl/N-ethyl adjacent to an activating group) is 1. The van der Waals surface area contributed by atoms with Crippen molar-refractivity contribution >= 4 is 36.8 Å². The van der Waals surface area contributed by atoms with Crippen LogP contribution >= 0.6 is 7.75 Å². The first-order valence-electron chi connectivity index (χ1n) is 13.2. The number of carbonyl (C=O) groups excluding carboxylic acids is 3. The molecule has 40 heavy (non-hydrogen) atoms. The summed E-state index contributed by atoms with van der Waals surface area (Å²) in [6, 6.07) is 11.4. The van der Waals surface area contributed by atoms with Gasteiger partial charge in [0.2, 0.25) is 12.3 Å². The molecule has 0 spiro atoms. The van der Waals surface area contributed by atoms with E-state index in [1.54, 1.807) is 19.1 Å². The summed E-state index contributed by atoms with van der Waals surface area (Å²) >= 11 is 0. The zero-order chi connectivity index (χ0) is 29.5. The lowest BCUT2D eigenvalue weighted by Crippen LogP contribution is -2.37. The summed E-state index contributed by atoms with van der Waals surface area (Å²) in [6.45, 7) is 5.34. The summed E-state index contributed by atoms with van der Waals surface area (Å²) in [5.41, 5.74) is 0. The third kappa shape index (κ3) is 10.4. The molecule has 0 aliphatic carbocycles. The van der Waals surface area contributed by atoms with E-state index in [0.29, 0.717) is 18.6 Å². The topological polar surface area (TPSA) is 132 Å². The first-order chi connectivity index (χ1) is 19.2. The number of unbranched alkanes of at least 4 members (excludes halogenated alkanes) is 1. The fraction of sp³-hybridized carbons (Fsp3) is 0.464. The standard InChI is InChI=1S/C28H40N3O8P/c1-6-7-17-37-28(34)22(3)30-40(35,39-26-14-10-12-23-11-8-9-13-25(23)26)38-19-24(36-5)18-21(2)31(20-32)16-15-27(33)29-4/h8-16,20-22,24H,6-7,17-19H2,1-5H3,(H,29,33)(H,30,35)/b16-15-/t21?,22-,24?,40?/m0/s1. The van der Waals surface area contributed by atoms with Crippen molar-refractivity contribution in [1.82, 2.24) is 15.3 Å². The van der Waals surface area contributed by atoms with Crippen molar-refractivity contribution in [2.75, 3.05) is 27.4 Å². The molecule has 2 rings (SSSR count). The molecule has 4 atom stereocenters. The average Bonchev–Trinajstić information content (AvgIpc) is 2.95. The molecule has 11 nitrogen and oxygen atoms in total. The van der Waals surface area contributed by atoms with Gasteiger partial charge in [-0.05, 0) is 38.1 Å². The van der Waals surface area contributed by atoms with Gasteiger partial charge in [0.15, 0.2) is 0 Å². The lowest BCUT2D eigenvalue weighted by Gasteiger charge is -2.28. The Morgan fingerprint density at radius 2 is 1.85 bits per heavy atom. The number of methoxy groups -OCH3 is 1. The van der Waals surface area contributed by atoms with E-state index in [1.807, 2.05) is 37.3 Å². The van der Waals surface area contributed by atoms with E-state index in [-0.39, 0.29) is 31.6 Å². The van der Waals surface area contributed by atoms with Gasteiger partial charge in [-0.1, -0.05) is 49.7 Å². The first-order valence-corrected chi connectivity index (χ1v) is 14.7. The van der Waals surface area contributed by atoms with E-state index in [2.05, 4.69) is 10.4 Å². The molecule has 2 amide bonds. The molecule has 2 aromatic rings. The van der Waals surface area contributed by atoms with Crippen LogP contribution in [0.3, 0.4) is 0 Å². The largest absolute Gasteiger partial charge is 0.465 e. The van der Waals surface area contributed by atoms with Crippen molar-refractivity contribution in [3.05, 3.63) is 54.7 Å². The van der Waals surface area contributed by atoms with Crippen LogP contribution < -0.4 is 14.9 Å². The minimum absolute atomic E-state index is 0.181. The van der Waals surface area contributed by atoms with Gasteiger partial charge in [-0.25, -0.2) is 4.57 Å². The molecule has 0 bridgehead atoms. The molecular weight excluding hydrogens is 537 g/mol. The van der Waals surface area contributed by atoms with Crippen molar-refractivity contribution in [3.63, 3.8) is 0 Å². The van der Waals surface area contributed by atoms with Crippen molar-refractivity contribution in [3.8, 4) is 5.75 Å². The van der Waals surface area contributed by atoms with Crippen molar-refractivity contribution in [2.24, 2.45) is 0 Å². The Morgan fingerprint density at radius 3 is 2.52 bits per heavy atom. The lowest BCUT2D eigenvalue weighted by molar-refractivity contribution is -0.145. The van der Waals surface area contributed by atoms with Crippen LogP contribution in [0.4, 0.5) is 0 Å². The number of ether oxygens (including phenoxy) is 2. The number of hydrogen-bond acceptors (Lipinski definition) is 8. The number of amides is 2. The molecule has 2 aromatic carbocycles. The quantitative estimate of drug-likeness (QED) is 0.0880. The summed E-state index contributed by atoms with van der Waals surface area (Å²) in [4.78, 5) is 36.9. The fourth-order valence-electron chi connectivity index (χ4n) is 3.67. The second-order valence-corrected chi connectivity index (χ2v) is 10.9. The second kappa shape index (κ2) is 16.8. The molecule has 0 fully saturated rings. The van der Waals surface area contributed by atoms with Gasteiger partial charge < -0.3 is 24.2 Å². The maximum absolute atomic E-state index is 14.0. The molecule has 0 radical (unpaired) electrons. The van der Waals surface area contributed by atoms with Crippen LogP contribution in [0.1, 0.15) is 40.0 Å². The molecule has 3 unspecified atom stereocenters. The number of benzene rings is 2. The summed E-state index contributed by atoms with van der Waals surface area (Å²) in [7, 11) is -1.20. The molecule has 12 heteroatoms. The number of hydrogen-bond donors (Lipinski definition) is 2. The number of rotatable bonds is 18. The molecule has 2 N–H and O–H groups in total. The lowest BCUT2D eigenvalue weighted by atomic mass is 10.1. The van der Waals surface area contributed by atoms with E-state index < -0.39 is 25.9 Å². The normalized spacial score (nSPS) is 15.1. The molecule has 0 heterocycles. The predicted octanol–water partition coefficient (Wildman–Crippen LogP) is 4.18. The highest BCUT2D eigenvalue weighted by molar-refractivity contribution is 7.52. The minimum Gasteiger partial charge on any atom is -0.465 e. The van der Waals surface area contributed by atoms with E-state index >= 15 is 0 Å².